The summed E-state index contributed by atoms with van der Waals surface area (Å²) in [6.07, 6.45) is 2.40. The third-order valence-electron chi connectivity index (χ3n) is 7.40. The average Bonchev–Trinajstić information content (AvgIpc) is 3.69. The highest BCUT2D eigenvalue weighted by Crippen LogP contribution is 2.37. The van der Waals surface area contributed by atoms with Gasteiger partial charge >= 0.3 is 6.18 Å². The van der Waals surface area contributed by atoms with Gasteiger partial charge in [0, 0.05) is 37.9 Å². The molecule has 0 unspecified atom stereocenters. The van der Waals surface area contributed by atoms with Gasteiger partial charge in [-0.15, -0.1) is 0 Å². The first-order valence-corrected chi connectivity index (χ1v) is 12.6. The molecular weight excluding hydrogens is 513 g/mol. The molecule has 200 valence electrons. The molecule has 0 spiro atoms. The Morgan fingerprint density at radius 2 is 1.92 bits per heavy atom. The Morgan fingerprint density at radius 3 is 2.74 bits per heavy atom. The van der Waals surface area contributed by atoms with E-state index in [1.54, 1.807) is 9.42 Å². The number of nitrogens with one attached hydrogen (secondary N) is 1. The van der Waals surface area contributed by atoms with Crippen LogP contribution < -0.4 is 4.90 Å². The monoisotopic (exact) mass is 536 g/mol. The zero-order valence-electron chi connectivity index (χ0n) is 20.6. The number of carbonyl (C=O) groups is 1. The minimum absolute atomic E-state index is 0.0818. The van der Waals surface area contributed by atoms with Crippen LogP contribution >= 0.6 is 0 Å². The lowest BCUT2D eigenvalue weighted by atomic mass is 9.98. The number of morpholine rings is 1. The molecular formula is C26H23F3N8O2. The highest BCUT2D eigenvalue weighted by molar-refractivity contribution is 6.01. The Bertz CT molecular complexity index is 1700. The number of imidazole rings is 1. The van der Waals surface area contributed by atoms with Gasteiger partial charge in [-0.2, -0.15) is 23.4 Å². The van der Waals surface area contributed by atoms with Crippen molar-refractivity contribution in [2.75, 3.05) is 37.7 Å². The number of hydrogen-bond donors (Lipinski definition) is 1. The summed E-state index contributed by atoms with van der Waals surface area (Å²) >= 11 is 0. The summed E-state index contributed by atoms with van der Waals surface area (Å²) in [7, 11) is 0. The number of anilines is 1. The van der Waals surface area contributed by atoms with E-state index in [-0.39, 0.29) is 11.4 Å². The van der Waals surface area contributed by atoms with Crippen molar-refractivity contribution in [1.29, 1.82) is 0 Å². The van der Waals surface area contributed by atoms with Gasteiger partial charge in [0.2, 0.25) is 0 Å². The van der Waals surface area contributed by atoms with Crippen molar-refractivity contribution >= 4 is 22.6 Å². The molecule has 0 saturated carbocycles. The van der Waals surface area contributed by atoms with Crippen LogP contribution in [0, 0.1) is 0 Å². The van der Waals surface area contributed by atoms with Crippen molar-refractivity contribution in [3.8, 4) is 0 Å². The zero-order valence-corrected chi connectivity index (χ0v) is 20.6. The van der Waals surface area contributed by atoms with Gasteiger partial charge in [0.25, 0.3) is 5.91 Å². The molecule has 1 fully saturated rings. The van der Waals surface area contributed by atoms with Gasteiger partial charge in [-0.25, -0.2) is 14.0 Å². The number of H-pyrrole nitrogens is 1. The first-order chi connectivity index (χ1) is 18.9. The molecule has 39 heavy (non-hydrogen) atoms. The average molecular weight is 537 g/mol. The fraction of sp³-hybridized carbons (Fsp3) is 0.308. The van der Waals surface area contributed by atoms with E-state index >= 15 is 0 Å². The lowest BCUT2D eigenvalue weighted by molar-refractivity contribution is -0.136. The van der Waals surface area contributed by atoms with E-state index < -0.39 is 17.8 Å². The minimum atomic E-state index is -4.55. The fourth-order valence-corrected chi connectivity index (χ4v) is 5.50. The van der Waals surface area contributed by atoms with Gasteiger partial charge < -0.3 is 19.5 Å². The summed E-state index contributed by atoms with van der Waals surface area (Å²) in [5.74, 6) is -0.295. The van der Waals surface area contributed by atoms with Crippen molar-refractivity contribution in [2.24, 2.45) is 0 Å². The molecule has 0 aromatic carbocycles. The maximum absolute atomic E-state index is 14.0. The van der Waals surface area contributed by atoms with Crippen LogP contribution in [0.3, 0.4) is 0 Å². The number of halogens is 3. The van der Waals surface area contributed by atoms with Crippen LogP contribution in [0.2, 0.25) is 0 Å². The number of rotatable bonds is 3. The van der Waals surface area contributed by atoms with Crippen LogP contribution in [-0.2, 0) is 17.3 Å². The SMILES string of the molecule is O=C(c1cnn2cc(N3CCOCC3)ccc12)N1CCc2[nH]cnc2[C@H]1c1cc2c(C(F)(F)F)cccn2n1. The van der Waals surface area contributed by atoms with E-state index in [1.807, 2.05) is 18.3 Å². The number of fused-ring (bicyclic) bond motifs is 3. The molecule has 0 aliphatic carbocycles. The lowest BCUT2D eigenvalue weighted by Crippen LogP contribution is -2.41. The normalized spacial score (nSPS) is 18.2. The van der Waals surface area contributed by atoms with Crippen molar-refractivity contribution in [2.45, 2.75) is 18.6 Å². The molecule has 0 radical (unpaired) electrons. The van der Waals surface area contributed by atoms with Crippen LogP contribution in [0.1, 0.15) is 39.0 Å². The second-order valence-electron chi connectivity index (χ2n) is 9.61. The minimum Gasteiger partial charge on any atom is -0.378 e. The highest BCUT2D eigenvalue weighted by atomic mass is 19.4. The van der Waals surface area contributed by atoms with Crippen molar-refractivity contribution < 1.29 is 22.7 Å². The van der Waals surface area contributed by atoms with Crippen molar-refractivity contribution in [3.05, 3.63) is 83.5 Å². The molecule has 1 N–H and O–H groups in total. The summed E-state index contributed by atoms with van der Waals surface area (Å²) in [4.78, 5) is 25.4. The maximum Gasteiger partial charge on any atom is 0.418 e. The molecule has 2 aliphatic heterocycles. The second-order valence-corrected chi connectivity index (χ2v) is 9.61. The fourth-order valence-electron chi connectivity index (χ4n) is 5.50. The zero-order chi connectivity index (χ0) is 26.7. The van der Waals surface area contributed by atoms with Crippen molar-refractivity contribution in [3.63, 3.8) is 0 Å². The number of aromatic amines is 1. The van der Waals surface area contributed by atoms with Crippen LogP contribution in [0.15, 0.2) is 55.2 Å². The van der Waals surface area contributed by atoms with E-state index in [2.05, 4.69) is 25.1 Å². The molecule has 2 aliphatic rings. The Labute approximate surface area is 219 Å². The third kappa shape index (κ3) is 3.92. The third-order valence-corrected chi connectivity index (χ3v) is 7.40. The topological polar surface area (TPSA) is 96.1 Å². The van der Waals surface area contributed by atoms with Crippen LogP contribution in [0.25, 0.3) is 11.0 Å². The standard InChI is InChI=1S/C26H23F3N8O2/c27-26(28,29)18-2-1-6-36-22(18)12-20(33-36)24-23-19(30-15-31-23)5-7-35(24)25(38)17-13-32-37-14-16(3-4-21(17)37)34-8-10-39-11-9-34/h1-4,6,12-15,24H,5,7-11H2,(H,30,31)/t24-/m1/s1. The van der Waals surface area contributed by atoms with Gasteiger partial charge in [-0.05, 0) is 30.3 Å². The number of carbonyl (C=O) groups excluding carboxylic acids is 1. The molecule has 13 heteroatoms. The first kappa shape index (κ1) is 23.7. The van der Waals surface area contributed by atoms with Crippen molar-refractivity contribution in [1.82, 2.24) is 34.1 Å². The Kier molecular flexibility index (Phi) is 5.37. The molecule has 5 aromatic rings. The van der Waals surface area contributed by atoms with Gasteiger partial charge in [0.1, 0.15) is 6.04 Å². The van der Waals surface area contributed by atoms with E-state index in [0.717, 1.165) is 30.5 Å². The van der Waals surface area contributed by atoms with Crippen LogP contribution in [-0.4, -0.2) is 72.9 Å². The summed E-state index contributed by atoms with van der Waals surface area (Å²) < 4.78 is 49.4. The number of nitrogens with zero attached hydrogens (tertiary/aromatic N) is 7. The van der Waals surface area contributed by atoms with E-state index in [4.69, 9.17) is 4.74 Å². The summed E-state index contributed by atoms with van der Waals surface area (Å²) in [5.41, 5.74) is 2.84. The molecule has 10 nitrogen and oxygen atoms in total. The second kappa shape index (κ2) is 8.83. The Morgan fingerprint density at radius 1 is 1.08 bits per heavy atom. The van der Waals surface area contributed by atoms with Crippen LogP contribution in [0.5, 0.6) is 0 Å². The number of amides is 1. The number of aromatic nitrogens is 6. The highest BCUT2D eigenvalue weighted by Gasteiger charge is 2.39. The Hall–Kier alpha value is -4.39. The molecule has 1 saturated heterocycles. The van der Waals surface area contributed by atoms with Crippen LogP contribution in [0.4, 0.5) is 18.9 Å². The summed E-state index contributed by atoms with van der Waals surface area (Å²) in [6, 6.07) is 6.78. The molecule has 0 bridgehead atoms. The molecule has 1 amide bonds. The summed E-state index contributed by atoms with van der Waals surface area (Å²) in [5, 5.41) is 8.90. The predicted octanol–water partition coefficient (Wildman–Crippen LogP) is 3.35. The number of hydrogen-bond acceptors (Lipinski definition) is 6. The maximum atomic E-state index is 14.0. The largest absolute Gasteiger partial charge is 0.418 e. The molecule has 5 aromatic heterocycles. The molecule has 7 heterocycles. The summed E-state index contributed by atoms with van der Waals surface area (Å²) in [6.45, 7) is 3.19. The number of ether oxygens (including phenoxy) is 1. The van der Waals surface area contributed by atoms with Gasteiger partial charge in [-0.1, -0.05) is 0 Å². The molecule has 1 atom stereocenters. The van der Waals surface area contributed by atoms with E-state index in [1.165, 1.54) is 35.4 Å². The first-order valence-electron chi connectivity index (χ1n) is 12.6. The quantitative estimate of drug-likeness (QED) is 0.380. The smallest absolute Gasteiger partial charge is 0.378 e. The van der Waals surface area contributed by atoms with Gasteiger partial charge in [0.05, 0.1) is 71.2 Å². The van der Waals surface area contributed by atoms with E-state index in [9.17, 15) is 18.0 Å². The molecule has 7 rings (SSSR count). The lowest BCUT2D eigenvalue weighted by Gasteiger charge is -2.33. The Balaban J connectivity index is 1.28. The van der Waals surface area contributed by atoms with Gasteiger partial charge in [-0.3, -0.25) is 4.79 Å². The predicted molar refractivity (Wildman–Crippen MR) is 134 cm³/mol. The van der Waals surface area contributed by atoms with Gasteiger partial charge in [0.15, 0.2) is 0 Å². The number of pyridine rings is 2. The number of alkyl halides is 3. The van der Waals surface area contributed by atoms with E-state index in [0.29, 0.717) is 48.6 Å².